The molecule has 0 spiro atoms. The Labute approximate surface area is 111 Å². The molecule has 0 bridgehead atoms. The molecule has 96 valence electrons. The molecule has 4 nitrogen and oxygen atoms in total. The molecule has 0 saturated carbocycles. The van der Waals surface area contributed by atoms with Gasteiger partial charge in [0.25, 0.3) is 5.89 Å². The first-order valence-electron chi connectivity index (χ1n) is 5.83. The van der Waals surface area contributed by atoms with E-state index >= 15 is 0 Å². The molecule has 0 fully saturated rings. The van der Waals surface area contributed by atoms with E-state index in [4.69, 9.17) is 21.9 Å². The van der Waals surface area contributed by atoms with Crippen LogP contribution in [0.4, 0.5) is 0 Å². The third-order valence-corrected chi connectivity index (χ3v) is 3.50. The quantitative estimate of drug-likeness (QED) is 0.925. The maximum Gasteiger partial charge on any atom is 0.258 e. The lowest BCUT2D eigenvalue weighted by molar-refractivity contribution is 0.379. The summed E-state index contributed by atoms with van der Waals surface area (Å²) < 4.78 is 5.23. The zero-order chi connectivity index (χ0) is 13.3. The standard InChI is InChI=1S/C13H16ClN3O/c1-4-13(3,15)12-16-11(18-17-12)9-6-5-8(2)10(14)7-9/h5-7H,4,15H2,1-3H3. The van der Waals surface area contributed by atoms with Gasteiger partial charge in [-0.15, -0.1) is 0 Å². The molecule has 0 saturated heterocycles. The molecule has 1 atom stereocenters. The minimum absolute atomic E-state index is 0.442. The zero-order valence-electron chi connectivity index (χ0n) is 10.7. The Balaban J connectivity index is 2.38. The van der Waals surface area contributed by atoms with E-state index < -0.39 is 5.54 Å². The van der Waals surface area contributed by atoms with Gasteiger partial charge in [0.15, 0.2) is 5.82 Å². The van der Waals surface area contributed by atoms with Crippen molar-refractivity contribution in [3.8, 4) is 11.5 Å². The highest BCUT2D eigenvalue weighted by atomic mass is 35.5. The topological polar surface area (TPSA) is 64.9 Å². The van der Waals surface area contributed by atoms with Gasteiger partial charge in [-0.05, 0) is 38.0 Å². The minimum atomic E-state index is -0.573. The van der Waals surface area contributed by atoms with E-state index in [0.717, 1.165) is 17.5 Å². The normalized spacial score (nSPS) is 14.5. The van der Waals surface area contributed by atoms with E-state index in [-0.39, 0.29) is 0 Å². The molecular weight excluding hydrogens is 250 g/mol. The molecule has 2 N–H and O–H groups in total. The van der Waals surface area contributed by atoms with Crippen molar-refractivity contribution in [1.82, 2.24) is 10.1 Å². The summed E-state index contributed by atoms with van der Waals surface area (Å²) in [6.07, 6.45) is 0.737. The Kier molecular flexibility index (Phi) is 3.41. The summed E-state index contributed by atoms with van der Waals surface area (Å²) in [7, 11) is 0. The van der Waals surface area contributed by atoms with Crippen molar-refractivity contribution in [3.63, 3.8) is 0 Å². The largest absolute Gasteiger partial charge is 0.334 e. The minimum Gasteiger partial charge on any atom is -0.334 e. The van der Waals surface area contributed by atoms with Crippen molar-refractivity contribution < 1.29 is 4.52 Å². The maximum atomic E-state index is 6.07. The van der Waals surface area contributed by atoms with Crippen molar-refractivity contribution in [2.24, 2.45) is 5.73 Å². The van der Waals surface area contributed by atoms with E-state index in [1.54, 1.807) is 0 Å². The average molecular weight is 266 g/mol. The fourth-order valence-electron chi connectivity index (χ4n) is 1.46. The van der Waals surface area contributed by atoms with E-state index in [9.17, 15) is 0 Å². The summed E-state index contributed by atoms with van der Waals surface area (Å²) >= 11 is 6.07. The summed E-state index contributed by atoms with van der Waals surface area (Å²) in [5, 5.41) is 4.61. The van der Waals surface area contributed by atoms with Crippen LogP contribution < -0.4 is 5.73 Å². The van der Waals surface area contributed by atoms with Crippen molar-refractivity contribution >= 4 is 11.6 Å². The van der Waals surface area contributed by atoms with E-state index in [0.29, 0.717) is 16.7 Å². The van der Waals surface area contributed by atoms with Crippen LogP contribution in [-0.4, -0.2) is 10.1 Å². The highest BCUT2D eigenvalue weighted by Crippen LogP contribution is 2.26. The first-order valence-corrected chi connectivity index (χ1v) is 6.21. The van der Waals surface area contributed by atoms with Gasteiger partial charge < -0.3 is 10.3 Å². The SMILES string of the molecule is CCC(C)(N)c1noc(-c2ccc(C)c(Cl)c2)n1. The number of aryl methyl sites for hydroxylation is 1. The lowest BCUT2D eigenvalue weighted by Crippen LogP contribution is -2.33. The van der Waals surface area contributed by atoms with Crippen LogP contribution in [0.1, 0.15) is 31.7 Å². The fraction of sp³-hybridized carbons (Fsp3) is 0.385. The molecule has 2 rings (SSSR count). The lowest BCUT2D eigenvalue weighted by atomic mass is 10.00. The number of rotatable bonds is 3. The molecule has 0 radical (unpaired) electrons. The molecule has 0 aliphatic rings. The molecule has 2 aromatic rings. The molecule has 1 aromatic heterocycles. The summed E-state index contributed by atoms with van der Waals surface area (Å²) in [4.78, 5) is 4.33. The molecule has 1 aromatic carbocycles. The molecule has 1 heterocycles. The number of benzene rings is 1. The number of halogens is 1. The summed E-state index contributed by atoms with van der Waals surface area (Å²) in [6.45, 7) is 5.81. The average Bonchev–Trinajstić information content (AvgIpc) is 2.83. The van der Waals surface area contributed by atoms with Gasteiger partial charge in [-0.2, -0.15) is 4.98 Å². The van der Waals surface area contributed by atoms with Gasteiger partial charge in [-0.1, -0.05) is 29.7 Å². The van der Waals surface area contributed by atoms with Gasteiger partial charge in [0.2, 0.25) is 0 Å². The Bertz CT molecular complexity index is 563. The van der Waals surface area contributed by atoms with Crippen molar-refractivity contribution in [1.29, 1.82) is 0 Å². The second-order valence-corrected chi connectivity index (χ2v) is 5.07. The highest BCUT2D eigenvalue weighted by Gasteiger charge is 2.25. The van der Waals surface area contributed by atoms with Gasteiger partial charge in [-0.3, -0.25) is 0 Å². The van der Waals surface area contributed by atoms with Gasteiger partial charge in [0.05, 0.1) is 5.54 Å². The third kappa shape index (κ3) is 2.40. The van der Waals surface area contributed by atoms with E-state index in [1.165, 1.54) is 0 Å². The van der Waals surface area contributed by atoms with Crippen molar-refractivity contribution in [3.05, 3.63) is 34.6 Å². The van der Waals surface area contributed by atoms with Crippen molar-refractivity contribution in [2.45, 2.75) is 32.7 Å². The van der Waals surface area contributed by atoms with Gasteiger partial charge in [0.1, 0.15) is 0 Å². The Morgan fingerprint density at radius 3 is 2.78 bits per heavy atom. The number of nitrogens with two attached hydrogens (primary N) is 1. The van der Waals surface area contributed by atoms with Crippen LogP contribution in [0, 0.1) is 6.92 Å². The van der Waals surface area contributed by atoms with Crippen LogP contribution in [0.15, 0.2) is 22.7 Å². The number of hydrogen-bond donors (Lipinski definition) is 1. The third-order valence-electron chi connectivity index (χ3n) is 3.09. The van der Waals surface area contributed by atoms with Gasteiger partial charge in [-0.25, -0.2) is 0 Å². The highest BCUT2D eigenvalue weighted by molar-refractivity contribution is 6.31. The smallest absolute Gasteiger partial charge is 0.258 e. The van der Waals surface area contributed by atoms with Crippen LogP contribution in [0.5, 0.6) is 0 Å². The predicted molar refractivity (Wildman–Crippen MR) is 71.3 cm³/mol. The lowest BCUT2D eigenvalue weighted by Gasteiger charge is -2.16. The van der Waals surface area contributed by atoms with Crippen LogP contribution in [0.25, 0.3) is 11.5 Å². The molecule has 18 heavy (non-hydrogen) atoms. The Morgan fingerprint density at radius 1 is 1.44 bits per heavy atom. The molecule has 0 aliphatic carbocycles. The molecule has 5 heteroatoms. The summed E-state index contributed by atoms with van der Waals surface area (Å²) in [5.74, 6) is 0.953. The monoisotopic (exact) mass is 265 g/mol. The van der Waals surface area contributed by atoms with E-state index in [2.05, 4.69) is 10.1 Å². The van der Waals surface area contributed by atoms with Crippen LogP contribution in [-0.2, 0) is 5.54 Å². The van der Waals surface area contributed by atoms with E-state index in [1.807, 2.05) is 39.0 Å². The maximum absolute atomic E-state index is 6.07. The number of nitrogens with zero attached hydrogens (tertiary/aromatic N) is 2. The molecule has 0 aliphatic heterocycles. The number of aromatic nitrogens is 2. The Hall–Kier alpha value is -1.39. The predicted octanol–water partition coefficient (Wildman–Crippen LogP) is 3.28. The van der Waals surface area contributed by atoms with Crippen LogP contribution in [0.2, 0.25) is 5.02 Å². The fourth-order valence-corrected chi connectivity index (χ4v) is 1.64. The zero-order valence-corrected chi connectivity index (χ0v) is 11.5. The molecule has 0 amide bonds. The second kappa shape index (κ2) is 4.71. The van der Waals surface area contributed by atoms with Gasteiger partial charge in [0, 0.05) is 10.6 Å². The first-order chi connectivity index (χ1) is 8.44. The Morgan fingerprint density at radius 2 is 2.17 bits per heavy atom. The molecule has 1 unspecified atom stereocenters. The van der Waals surface area contributed by atoms with Crippen molar-refractivity contribution in [2.75, 3.05) is 0 Å². The summed E-state index contributed by atoms with van der Waals surface area (Å²) in [5.41, 5.74) is 7.31. The number of hydrogen-bond acceptors (Lipinski definition) is 4. The summed E-state index contributed by atoms with van der Waals surface area (Å²) in [6, 6.07) is 5.63. The van der Waals surface area contributed by atoms with Gasteiger partial charge >= 0.3 is 0 Å². The first kappa shape index (κ1) is 13.1. The van der Waals surface area contributed by atoms with Crippen LogP contribution >= 0.6 is 11.6 Å². The second-order valence-electron chi connectivity index (χ2n) is 4.66. The van der Waals surface area contributed by atoms with Crippen LogP contribution in [0.3, 0.4) is 0 Å². The molecular formula is C13H16ClN3O.